The molecule has 1 aliphatic rings. The number of aliphatic carboxylic acids is 1. The van der Waals surface area contributed by atoms with E-state index < -0.39 is 12.0 Å². The van der Waals surface area contributed by atoms with Gasteiger partial charge in [0.15, 0.2) is 0 Å². The lowest BCUT2D eigenvalue weighted by molar-refractivity contribution is -0.141. The molecule has 1 unspecified atom stereocenters. The molecule has 0 bridgehead atoms. The molecule has 1 fully saturated rings. The smallest absolute Gasteiger partial charge is 0.326 e. The van der Waals surface area contributed by atoms with E-state index in [1.165, 1.54) is 4.90 Å². The summed E-state index contributed by atoms with van der Waals surface area (Å²) < 4.78 is 1.02. The summed E-state index contributed by atoms with van der Waals surface area (Å²) in [5.74, 6) is -1.10. The molecule has 1 amide bonds. The molecule has 1 atom stereocenters. The van der Waals surface area contributed by atoms with E-state index in [-0.39, 0.29) is 5.91 Å². The summed E-state index contributed by atoms with van der Waals surface area (Å²) in [6, 6.07) is 4.80. The number of rotatable bonds is 2. The fraction of sp³-hybridized carbons (Fsp3) is 0.385. The van der Waals surface area contributed by atoms with Crippen LogP contribution in [-0.4, -0.2) is 34.5 Å². The minimum absolute atomic E-state index is 0.183. The van der Waals surface area contributed by atoms with Gasteiger partial charge < -0.3 is 10.0 Å². The Bertz CT molecular complexity index is 501. The maximum absolute atomic E-state index is 12.3. The van der Waals surface area contributed by atoms with Crippen molar-refractivity contribution < 1.29 is 14.7 Å². The van der Waals surface area contributed by atoms with Gasteiger partial charge in [0.05, 0.1) is 0 Å². The third-order valence-corrected chi connectivity index (χ3v) is 4.38. The molecular formula is C13H14INO3. The van der Waals surface area contributed by atoms with Crippen LogP contribution < -0.4 is 0 Å². The van der Waals surface area contributed by atoms with Crippen LogP contribution in [0, 0.1) is 10.5 Å². The molecule has 4 nitrogen and oxygen atoms in total. The fourth-order valence-electron chi connectivity index (χ4n) is 2.16. The number of amides is 1. The summed E-state index contributed by atoms with van der Waals surface area (Å²) in [6.07, 6.45) is 1.30. The third kappa shape index (κ3) is 2.50. The Morgan fingerprint density at radius 3 is 2.78 bits per heavy atom. The second-order valence-electron chi connectivity index (χ2n) is 4.46. The number of carbonyl (C=O) groups excluding carboxylic acids is 1. The van der Waals surface area contributed by atoms with Crippen LogP contribution in [0.2, 0.25) is 0 Å². The van der Waals surface area contributed by atoms with E-state index >= 15 is 0 Å². The van der Waals surface area contributed by atoms with Crippen LogP contribution in [0.1, 0.15) is 28.8 Å². The highest BCUT2D eigenvalue weighted by molar-refractivity contribution is 14.1. The molecular weight excluding hydrogens is 345 g/mol. The highest BCUT2D eigenvalue weighted by Gasteiger charge is 2.34. The molecule has 2 rings (SSSR count). The second-order valence-corrected chi connectivity index (χ2v) is 5.62. The van der Waals surface area contributed by atoms with Crippen molar-refractivity contribution in [1.29, 1.82) is 0 Å². The van der Waals surface area contributed by atoms with E-state index in [0.717, 1.165) is 15.6 Å². The SMILES string of the molecule is Cc1ccc(C(=O)N2CCCC2C(=O)O)cc1I. The number of hydrogen-bond donors (Lipinski definition) is 1. The summed E-state index contributed by atoms with van der Waals surface area (Å²) in [7, 11) is 0. The Hall–Kier alpha value is -1.11. The van der Waals surface area contributed by atoms with Crippen LogP contribution in [0.3, 0.4) is 0 Å². The maximum Gasteiger partial charge on any atom is 0.326 e. The molecule has 1 aliphatic heterocycles. The largest absolute Gasteiger partial charge is 0.480 e. The standard InChI is InChI=1S/C13H14INO3/c1-8-4-5-9(7-10(8)14)12(16)15-6-2-3-11(15)13(17)18/h4-5,7,11H,2-3,6H2,1H3,(H,17,18). The van der Waals surface area contributed by atoms with Crippen molar-refractivity contribution in [3.8, 4) is 0 Å². The average Bonchev–Trinajstić information content (AvgIpc) is 2.81. The van der Waals surface area contributed by atoms with Crippen LogP contribution in [-0.2, 0) is 4.79 Å². The molecule has 0 aromatic heterocycles. The molecule has 1 heterocycles. The van der Waals surface area contributed by atoms with Crippen molar-refractivity contribution in [2.24, 2.45) is 0 Å². The number of halogens is 1. The maximum atomic E-state index is 12.3. The van der Waals surface area contributed by atoms with Crippen molar-refractivity contribution in [3.05, 3.63) is 32.9 Å². The number of likely N-dealkylation sites (tertiary alicyclic amines) is 1. The van der Waals surface area contributed by atoms with Crippen LogP contribution in [0.5, 0.6) is 0 Å². The first-order valence-corrected chi connectivity index (χ1v) is 6.88. The number of aryl methyl sites for hydroxylation is 1. The van der Waals surface area contributed by atoms with Crippen molar-refractivity contribution in [1.82, 2.24) is 4.90 Å². The van der Waals surface area contributed by atoms with Crippen LogP contribution in [0.4, 0.5) is 0 Å². The number of carboxylic acid groups (broad SMARTS) is 1. The number of carboxylic acids is 1. The summed E-state index contributed by atoms with van der Waals surface area (Å²) in [5.41, 5.74) is 1.68. The first-order chi connectivity index (χ1) is 8.50. The predicted octanol–water partition coefficient (Wildman–Crippen LogP) is 2.29. The topological polar surface area (TPSA) is 57.6 Å². The molecule has 1 saturated heterocycles. The van der Waals surface area contributed by atoms with Gasteiger partial charge in [-0.3, -0.25) is 4.79 Å². The molecule has 0 radical (unpaired) electrons. The van der Waals surface area contributed by atoms with Crippen molar-refractivity contribution in [3.63, 3.8) is 0 Å². The Balaban J connectivity index is 2.25. The summed E-state index contributed by atoms with van der Waals surface area (Å²) in [4.78, 5) is 24.8. The summed E-state index contributed by atoms with van der Waals surface area (Å²) in [6.45, 7) is 2.51. The van der Waals surface area contributed by atoms with Gasteiger partial charge in [-0.25, -0.2) is 4.79 Å². The zero-order chi connectivity index (χ0) is 13.3. The molecule has 18 heavy (non-hydrogen) atoms. The van der Waals surface area contributed by atoms with Crippen LogP contribution in [0.25, 0.3) is 0 Å². The molecule has 0 aliphatic carbocycles. The Morgan fingerprint density at radius 2 is 2.17 bits per heavy atom. The molecule has 0 saturated carbocycles. The van der Waals surface area contributed by atoms with Gasteiger partial charge in [0.25, 0.3) is 5.91 Å². The lowest BCUT2D eigenvalue weighted by Gasteiger charge is -2.21. The predicted molar refractivity (Wildman–Crippen MR) is 75.6 cm³/mol. The van der Waals surface area contributed by atoms with Gasteiger partial charge in [-0.1, -0.05) is 6.07 Å². The first kappa shape index (κ1) is 13.3. The van der Waals surface area contributed by atoms with Gasteiger partial charge in [-0.05, 0) is 60.1 Å². The van der Waals surface area contributed by atoms with E-state index in [1.807, 2.05) is 19.1 Å². The van der Waals surface area contributed by atoms with E-state index in [4.69, 9.17) is 5.11 Å². The quantitative estimate of drug-likeness (QED) is 0.825. The Kier molecular flexibility index (Phi) is 3.89. The van der Waals surface area contributed by atoms with Crippen molar-refractivity contribution in [2.75, 3.05) is 6.54 Å². The van der Waals surface area contributed by atoms with Gasteiger partial charge in [0, 0.05) is 15.7 Å². The lowest BCUT2D eigenvalue weighted by atomic mass is 10.1. The van der Waals surface area contributed by atoms with Crippen LogP contribution in [0.15, 0.2) is 18.2 Å². The van der Waals surface area contributed by atoms with Gasteiger partial charge in [0.1, 0.15) is 6.04 Å². The molecule has 96 valence electrons. The Labute approximate surface area is 119 Å². The molecule has 1 N–H and O–H groups in total. The molecule has 0 spiro atoms. The monoisotopic (exact) mass is 359 g/mol. The van der Waals surface area contributed by atoms with E-state index in [1.54, 1.807) is 6.07 Å². The van der Waals surface area contributed by atoms with Crippen LogP contribution >= 0.6 is 22.6 Å². The van der Waals surface area contributed by atoms with Gasteiger partial charge in [-0.2, -0.15) is 0 Å². The average molecular weight is 359 g/mol. The van der Waals surface area contributed by atoms with Crippen molar-refractivity contribution in [2.45, 2.75) is 25.8 Å². The summed E-state index contributed by atoms with van der Waals surface area (Å²) >= 11 is 2.18. The molecule has 5 heteroatoms. The highest BCUT2D eigenvalue weighted by atomic mass is 127. The van der Waals surface area contributed by atoms with E-state index in [0.29, 0.717) is 18.5 Å². The summed E-state index contributed by atoms with van der Waals surface area (Å²) in [5, 5.41) is 9.08. The van der Waals surface area contributed by atoms with Gasteiger partial charge in [-0.15, -0.1) is 0 Å². The van der Waals surface area contributed by atoms with Gasteiger partial charge in [0.2, 0.25) is 0 Å². The first-order valence-electron chi connectivity index (χ1n) is 5.80. The number of carbonyl (C=O) groups is 2. The lowest BCUT2D eigenvalue weighted by Crippen LogP contribution is -2.40. The van der Waals surface area contributed by atoms with Gasteiger partial charge >= 0.3 is 5.97 Å². The zero-order valence-corrected chi connectivity index (χ0v) is 12.2. The zero-order valence-electron chi connectivity index (χ0n) is 10.0. The normalized spacial score (nSPS) is 19.0. The van der Waals surface area contributed by atoms with Crippen molar-refractivity contribution >= 4 is 34.5 Å². The number of hydrogen-bond acceptors (Lipinski definition) is 2. The number of nitrogens with zero attached hydrogens (tertiary/aromatic N) is 1. The Morgan fingerprint density at radius 1 is 1.44 bits per heavy atom. The second kappa shape index (κ2) is 5.26. The minimum Gasteiger partial charge on any atom is -0.480 e. The molecule has 1 aromatic carbocycles. The molecule has 1 aromatic rings. The van der Waals surface area contributed by atoms with E-state index in [9.17, 15) is 9.59 Å². The highest BCUT2D eigenvalue weighted by Crippen LogP contribution is 2.22. The minimum atomic E-state index is -0.914. The third-order valence-electron chi connectivity index (χ3n) is 3.22. The fourth-order valence-corrected chi connectivity index (χ4v) is 2.67. The van der Waals surface area contributed by atoms with E-state index in [2.05, 4.69) is 22.6 Å². The number of benzene rings is 1.